The number of amides is 1. The molecule has 39 heavy (non-hydrogen) atoms. The Hall–Kier alpha value is -2.57. The zero-order chi connectivity index (χ0) is 28.3. The summed E-state index contributed by atoms with van der Waals surface area (Å²) in [4.78, 5) is 24.5. The van der Waals surface area contributed by atoms with Crippen LogP contribution in [0.5, 0.6) is 11.5 Å². The highest BCUT2D eigenvalue weighted by Crippen LogP contribution is 2.29. The molecule has 0 aliphatic rings. The molecule has 8 heteroatoms. The minimum Gasteiger partial charge on any atom is -0.493 e. The molecule has 0 radical (unpaired) electrons. The van der Waals surface area contributed by atoms with Gasteiger partial charge in [-0.05, 0) is 48.4 Å². The van der Waals surface area contributed by atoms with Crippen LogP contribution in [0.1, 0.15) is 113 Å². The van der Waals surface area contributed by atoms with E-state index in [-0.39, 0.29) is 22.2 Å². The first-order valence-corrected chi connectivity index (χ1v) is 14.9. The van der Waals surface area contributed by atoms with Crippen molar-refractivity contribution in [1.82, 2.24) is 5.43 Å². The number of hydrogen-bond donors (Lipinski definition) is 1. The van der Waals surface area contributed by atoms with Gasteiger partial charge in [-0.2, -0.15) is 5.10 Å². The Bertz CT molecular complexity index is 1060. The van der Waals surface area contributed by atoms with Crippen LogP contribution in [0.25, 0.3) is 0 Å². The number of hydrazone groups is 1. The van der Waals surface area contributed by atoms with Gasteiger partial charge in [-0.25, -0.2) is 10.2 Å². The molecule has 0 unspecified atom stereocenters. The summed E-state index contributed by atoms with van der Waals surface area (Å²) < 4.78 is 10.8. The molecule has 0 bridgehead atoms. The molecule has 2 aromatic rings. The number of ether oxygens (including phenoxy) is 2. The lowest BCUT2D eigenvalue weighted by Crippen LogP contribution is -2.16. The molecule has 0 saturated carbocycles. The molecule has 0 aliphatic carbocycles. The number of methoxy groups -OCH3 is 1. The van der Waals surface area contributed by atoms with Crippen LogP contribution in [0.2, 0.25) is 10.0 Å². The number of hydrogen-bond acceptors (Lipinski definition) is 5. The Kier molecular flexibility index (Phi) is 16.3. The summed E-state index contributed by atoms with van der Waals surface area (Å²) in [5, 5.41) is 4.66. The molecule has 0 aliphatic heterocycles. The summed E-state index contributed by atoms with van der Waals surface area (Å²) in [5.74, 6) is -0.0926. The number of carbonyl (C=O) groups excluding carboxylic acids is 2. The second-order valence-electron chi connectivity index (χ2n) is 9.71. The van der Waals surface area contributed by atoms with Crippen molar-refractivity contribution in [3.63, 3.8) is 0 Å². The molecule has 0 saturated heterocycles. The van der Waals surface area contributed by atoms with E-state index in [1.165, 1.54) is 102 Å². The van der Waals surface area contributed by atoms with Crippen LogP contribution in [-0.4, -0.2) is 25.2 Å². The van der Waals surface area contributed by atoms with Gasteiger partial charge in [-0.1, -0.05) is 107 Å². The van der Waals surface area contributed by atoms with Gasteiger partial charge in [0.1, 0.15) is 0 Å². The SMILES string of the molecule is CCCCCCCCCCCCCCCC(=O)N/N=C/c1ccc(OC(=O)c2ccc(Cl)c(Cl)c2)c(OC)c1. The molecule has 2 aromatic carbocycles. The van der Waals surface area contributed by atoms with Crippen LogP contribution < -0.4 is 14.9 Å². The lowest BCUT2D eigenvalue weighted by Gasteiger charge is -2.10. The number of nitrogens with one attached hydrogen (secondary N) is 1. The summed E-state index contributed by atoms with van der Waals surface area (Å²) in [7, 11) is 1.48. The Morgan fingerprint density at radius 3 is 2.00 bits per heavy atom. The molecule has 0 aromatic heterocycles. The van der Waals surface area contributed by atoms with Crippen LogP contribution in [0.15, 0.2) is 41.5 Å². The number of carbonyl (C=O) groups is 2. The number of nitrogens with zero attached hydrogens (tertiary/aromatic N) is 1. The number of halogens is 2. The van der Waals surface area contributed by atoms with Gasteiger partial charge in [0, 0.05) is 6.42 Å². The normalized spacial score (nSPS) is 11.1. The van der Waals surface area contributed by atoms with Crippen molar-refractivity contribution in [3.05, 3.63) is 57.6 Å². The van der Waals surface area contributed by atoms with E-state index in [2.05, 4.69) is 17.5 Å². The molecule has 0 atom stereocenters. The minimum atomic E-state index is -0.589. The van der Waals surface area contributed by atoms with E-state index in [1.807, 2.05) is 0 Å². The Labute approximate surface area is 243 Å². The van der Waals surface area contributed by atoms with E-state index < -0.39 is 5.97 Å². The lowest BCUT2D eigenvalue weighted by atomic mass is 10.0. The number of rotatable bonds is 19. The molecule has 214 valence electrons. The second kappa shape index (κ2) is 19.5. The molecular formula is C31H42Cl2N2O4. The highest BCUT2D eigenvalue weighted by atomic mass is 35.5. The van der Waals surface area contributed by atoms with Gasteiger partial charge in [-0.15, -0.1) is 0 Å². The number of unbranched alkanes of at least 4 members (excludes halogenated alkanes) is 12. The zero-order valence-electron chi connectivity index (χ0n) is 23.3. The van der Waals surface area contributed by atoms with Gasteiger partial charge < -0.3 is 9.47 Å². The van der Waals surface area contributed by atoms with Crippen molar-refractivity contribution in [2.24, 2.45) is 5.10 Å². The van der Waals surface area contributed by atoms with Crippen LogP contribution in [0.3, 0.4) is 0 Å². The van der Waals surface area contributed by atoms with E-state index in [9.17, 15) is 9.59 Å². The first kappa shape index (κ1) is 32.6. The molecule has 2 rings (SSSR count). The van der Waals surface area contributed by atoms with Gasteiger partial charge in [0.05, 0.1) is 28.9 Å². The summed E-state index contributed by atoms with van der Waals surface area (Å²) >= 11 is 11.9. The fraction of sp³-hybridized carbons (Fsp3) is 0.516. The van der Waals surface area contributed by atoms with Gasteiger partial charge >= 0.3 is 5.97 Å². The maximum absolute atomic E-state index is 12.5. The summed E-state index contributed by atoms with van der Waals surface area (Å²) in [5.41, 5.74) is 3.52. The van der Waals surface area contributed by atoms with Crippen molar-refractivity contribution < 1.29 is 19.1 Å². The van der Waals surface area contributed by atoms with Crippen molar-refractivity contribution in [2.75, 3.05) is 7.11 Å². The first-order valence-electron chi connectivity index (χ1n) is 14.1. The maximum atomic E-state index is 12.5. The number of esters is 1. The van der Waals surface area contributed by atoms with Crippen LogP contribution in [0, 0.1) is 0 Å². The van der Waals surface area contributed by atoms with Gasteiger partial charge in [0.25, 0.3) is 0 Å². The predicted octanol–water partition coefficient (Wildman–Crippen LogP) is 9.15. The Morgan fingerprint density at radius 2 is 1.41 bits per heavy atom. The quantitative estimate of drug-likeness (QED) is 0.0594. The fourth-order valence-electron chi connectivity index (χ4n) is 4.17. The van der Waals surface area contributed by atoms with Crippen LogP contribution in [0.4, 0.5) is 0 Å². The molecule has 6 nitrogen and oxygen atoms in total. The molecule has 0 spiro atoms. The highest BCUT2D eigenvalue weighted by molar-refractivity contribution is 6.42. The number of benzene rings is 2. The van der Waals surface area contributed by atoms with Crippen molar-refractivity contribution >= 4 is 41.3 Å². The third-order valence-electron chi connectivity index (χ3n) is 6.46. The van der Waals surface area contributed by atoms with E-state index in [4.69, 9.17) is 32.7 Å². The molecule has 1 N–H and O–H groups in total. The van der Waals surface area contributed by atoms with E-state index in [1.54, 1.807) is 18.2 Å². The van der Waals surface area contributed by atoms with Crippen molar-refractivity contribution in [3.8, 4) is 11.5 Å². The summed E-state index contributed by atoms with van der Waals surface area (Å²) in [6.45, 7) is 2.26. The summed E-state index contributed by atoms with van der Waals surface area (Å²) in [6.07, 6.45) is 18.5. The molecule has 0 heterocycles. The highest BCUT2D eigenvalue weighted by Gasteiger charge is 2.14. The van der Waals surface area contributed by atoms with E-state index in [0.717, 1.165) is 12.8 Å². The van der Waals surface area contributed by atoms with Crippen LogP contribution >= 0.6 is 23.2 Å². The zero-order valence-corrected chi connectivity index (χ0v) is 24.8. The molecular weight excluding hydrogens is 535 g/mol. The first-order chi connectivity index (χ1) is 18.9. The van der Waals surface area contributed by atoms with E-state index in [0.29, 0.717) is 22.8 Å². The predicted molar refractivity (Wildman–Crippen MR) is 160 cm³/mol. The average Bonchev–Trinajstić information content (AvgIpc) is 2.93. The second-order valence-corrected chi connectivity index (χ2v) is 10.5. The van der Waals surface area contributed by atoms with Gasteiger partial charge in [-0.3, -0.25) is 4.79 Å². The van der Waals surface area contributed by atoms with Crippen LogP contribution in [-0.2, 0) is 4.79 Å². The Morgan fingerprint density at radius 1 is 0.795 bits per heavy atom. The summed E-state index contributed by atoms with van der Waals surface area (Å²) in [6, 6.07) is 9.49. The topological polar surface area (TPSA) is 77.0 Å². The largest absolute Gasteiger partial charge is 0.493 e. The van der Waals surface area contributed by atoms with E-state index >= 15 is 0 Å². The minimum absolute atomic E-state index is 0.103. The van der Waals surface area contributed by atoms with Gasteiger partial charge in [0.15, 0.2) is 11.5 Å². The van der Waals surface area contributed by atoms with Crippen molar-refractivity contribution in [1.29, 1.82) is 0 Å². The monoisotopic (exact) mass is 576 g/mol. The maximum Gasteiger partial charge on any atom is 0.343 e. The molecule has 1 amide bonds. The molecule has 0 fully saturated rings. The van der Waals surface area contributed by atoms with Gasteiger partial charge in [0.2, 0.25) is 5.91 Å². The fourth-order valence-corrected chi connectivity index (χ4v) is 4.47. The third kappa shape index (κ3) is 13.4. The third-order valence-corrected chi connectivity index (χ3v) is 7.19. The van der Waals surface area contributed by atoms with Crippen molar-refractivity contribution in [2.45, 2.75) is 96.8 Å². The lowest BCUT2D eigenvalue weighted by molar-refractivity contribution is -0.121. The standard InChI is InChI=1S/C31H42Cl2N2O4/c1-3-4-5-6-7-8-9-10-11-12-13-14-15-16-30(36)35-34-23-24-17-20-28(29(21-24)38-2)39-31(37)25-18-19-26(32)27(33)22-25/h17-23H,3-16H2,1-2H3,(H,35,36)/b34-23+. The smallest absolute Gasteiger partial charge is 0.343 e. The average molecular weight is 578 g/mol. The Balaban J connectivity index is 1.63.